The molecule has 0 radical (unpaired) electrons. The van der Waals surface area contributed by atoms with E-state index in [4.69, 9.17) is 4.74 Å². The largest absolute Gasteiger partial charge is 0.495 e. The molecule has 0 amide bonds. The van der Waals surface area contributed by atoms with Gasteiger partial charge in [0.1, 0.15) is 5.75 Å². The van der Waals surface area contributed by atoms with Gasteiger partial charge in [-0.2, -0.15) is 0 Å². The second kappa shape index (κ2) is 8.82. The summed E-state index contributed by atoms with van der Waals surface area (Å²) < 4.78 is 33.9. The van der Waals surface area contributed by atoms with Gasteiger partial charge < -0.3 is 14.5 Å². The molecule has 27 heavy (non-hydrogen) atoms. The molecule has 1 fully saturated rings. The summed E-state index contributed by atoms with van der Waals surface area (Å²) in [5, 5.41) is 0. The zero-order chi connectivity index (χ0) is 18.7. The molecule has 0 unspecified atom stereocenters. The number of piperazine rings is 1. The average molecular weight is 412 g/mol. The summed E-state index contributed by atoms with van der Waals surface area (Å²) in [5.74, 6) is 0.685. The fourth-order valence-corrected chi connectivity index (χ4v) is 4.17. The number of ether oxygens (including phenoxy) is 1. The summed E-state index contributed by atoms with van der Waals surface area (Å²) >= 11 is 0. The van der Waals surface area contributed by atoms with E-state index in [0.717, 1.165) is 37.4 Å². The number of likely N-dealkylation sites (N-methyl/N-ethyl adjacent to an activating group) is 1. The molecule has 1 aliphatic heterocycles. The Morgan fingerprint density at radius 2 is 1.70 bits per heavy atom. The first-order valence-corrected chi connectivity index (χ1v) is 10.1. The highest BCUT2D eigenvalue weighted by Gasteiger charge is 2.22. The Kier molecular flexibility index (Phi) is 6.97. The van der Waals surface area contributed by atoms with Crippen LogP contribution in [-0.4, -0.2) is 53.7 Å². The molecule has 0 saturated carbocycles. The molecule has 0 aromatic heterocycles. The molecule has 3 rings (SSSR count). The number of methoxy groups -OCH3 is 1. The second-order valence-corrected chi connectivity index (χ2v) is 8.23. The van der Waals surface area contributed by atoms with Crippen LogP contribution in [0.4, 0.5) is 11.4 Å². The number of para-hydroxylation sites is 1. The lowest BCUT2D eigenvalue weighted by molar-refractivity contribution is 0.311. The lowest BCUT2D eigenvalue weighted by atomic mass is 10.2. The number of anilines is 2. The number of hydrogen-bond acceptors (Lipinski definition) is 5. The van der Waals surface area contributed by atoms with Gasteiger partial charge in [-0.1, -0.05) is 18.2 Å². The summed E-state index contributed by atoms with van der Waals surface area (Å²) in [6.07, 6.45) is 0. The Bertz CT molecular complexity index is 882. The first kappa shape index (κ1) is 21.3. The minimum Gasteiger partial charge on any atom is -0.495 e. The highest BCUT2D eigenvalue weighted by molar-refractivity contribution is 7.92. The average Bonchev–Trinajstić information content (AvgIpc) is 2.63. The third-order valence-electron chi connectivity index (χ3n) is 4.69. The summed E-state index contributed by atoms with van der Waals surface area (Å²) in [7, 11) is 0.0153. The van der Waals surface area contributed by atoms with E-state index in [-0.39, 0.29) is 17.3 Å². The summed E-state index contributed by atoms with van der Waals surface area (Å²) in [5.41, 5.74) is 2.28. The van der Waals surface area contributed by atoms with E-state index < -0.39 is 10.0 Å². The van der Waals surface area contributed by atoms with Crippen LogP contribution >= 0.6 is 12.4 Å². The molecule has 1 N–H and O–H groups in total. The maximum absolute atomic E-state index is 12.9. The van der Waals surface area contributed by atoms with Gasteiger partial charge >= 0.3 is 0 Å². The van der Waals surface area contributed by atoms with Crippen LogP contribution in [0, 0.1) is 6.92 Å². The number of hydrogen-bond donors (Lipinski definition) is 1. The summed E-state index contributed by atoms with van der Waals surface area (Å²) in [4.78, 5) is 4.66. The van der Waals surface area contributed by atoms with Crippen LogP contribution in [0.3, 0.4) is 0 Å². The fraction of sp³-hybridized carbons (Fsp3) is 0.368. The molecule has 2 aromatic carbocycles. The van der Waals surface area contributed by atoms with Crippen LogP contribution in [0.25, 0.3) is 0 Å². The molecular formula is C19H26ClN3O3S. The number of benzene rings is 2. The minimum atomic E-state index is -3.68. The van der Waals surface area contributed by atoms with Crippen LogP contribution in [-0.2, 0) is 10.0 Å². The van der Waals surface area contributed by atoms with Gasteiger partial charge in [-0.05, 0) is 43.8 Å². The van der Waals surface area contributed by atoms with E-state index in [1.54, 1.807) is 31.4 Å². The van der Waals surface area contributed by atoms with Crippen molar-refractivity contribution in [3.05, 3.63) is 48.0 Å². The van der Waals surface area contributed by atoms with Crippen molar-refractivity contribution in [2.24, 2.45) is 0 Å². The standard InChI is InChI=1S/C19H25N3O3S.ClH/c1-15-6-4-5-7-17(15)20-26(23,24)16-8-9-19(25-3)18(14-16)22-12-10-21(2)11-13-22;/h4-9,14,20H,10-13H2,1-3H3;1H. The van der Waals surface area contributed by atoms with Gasteiger partial charge in [0.05, 0.1) is 23.4 Å². The molecule has 2 aromatic rings. The van der Waals surface area contributed by atoms with E-state index in [1.807, 2.05) is 25.1 Å². The van der Waals surface area contributed by atoms with Crippen LogP contribution < -0.4 is 14.4 Å². The van der Waals surface area contributed by atoms with Gasteiger partial charge in [-0.3, -0.25) is 4.72 Å². The topological polar surface area (TPSA) is 61.9 Å². The highest BCUT2D eigenvalue weighted by Crippen LogP contribution is 2.32. The molecule has 8 heteroatoms. The Morgan fingerprint density at radius 1 is 1.04 bits per heavy atom. The van der Waals surface area contributed by atoms with Crippen molar-refractivity contribution in [1.29, 1.82) is 0 Å². The van der Waals surface area contributed by atoms with Crippen LogP contribution in [0.5, 0.6) is 5.75 Å². The summed E-state index contributed by atoms with van der Waals surface area (Å²) in [6, 6.07) is 12.3. The van der Waals surface area contributed by atoms with Crippen LogP contribution in [0.2, 0.25) is 0 Å². The van der Waals surface area contributed by atoms with Gasteiger partial charge in [0, 0.05) is 26.2 Å². The molecule has 1 heterocycles. The molecule has 0 spiro atoms. The molecule has 6 nitrogen and oxygen atoms in total. The number of rotatable bonds is 5. The van der Waals surface area contributed by atoms with Crippen molar-refractivity contribution < 1.29 is 13.2 Å². The van der Waals surface area contributed by atoms with Crippen molar-refractivity contribution in [2.45, 2.75) is 11.8 Å². The van der Waals surface area contributed by atoms with Crippen molar-refractivity contribution in [2.75, 3.05) is 50.0 Å². The predicted octanol–water partition coefficient (Wildman–Crippen LogP) is 2.98. The number of nitrogens with zero attached hydrogens (tertiary/aromatic N) is 2. The number of aryl methyl sites for hydroxylation is 1. The fourth-order valence-electron chi connectivity index (χ4n) is 3.02. The SMILES string of the molecule is COc1ccc(S(=O)(=O)Nc2ccccc2C)cc1N1CCN(C)CC1.Cl. The zero-order valence-corrected chi connectivity index (χ0v) is 17.4. The monoisotopic (exact) mass is 411 g/mol. The van der Waals surface area contributed by atoms with Crippen LogP contribution in [0.1, 0.15) is 5.56 Å². The van der Waals surface area contributed by atoms with E-state index in [2.05, 4.69) is 21.6 Å². The predicted molar refractivity (Wildman–Crippen MR) is 112 cm³/mol. The van der Waals surface area contributed by atoms with Crippen molar-refractivity contribution >= 4 is 33.8 Å². The molecule has 1 saturated heterocycles. The number of nitrogens with one attached hydrogen (secondary N) is 1. The Labute approximate surface area is 167 Å². The van der Waals surface area contributed by atoms with Crippen molar-refractivity contribution in [3.63, 3.8) is 0 Å². The smallest absolute Gasteiger partial charge is 0.261 e. The van der Waals surface area contributed by atoms with Crippen molar-refractivity contribution in [1.82, 2.24) is 4.90 Å². The minimum absolute atomic E-state index is 0. The molecule has 0 atom stereocenters. The quantitative estimate of drug-likeness (QED) is 0.819. The summed E-state index contributed by atoms with van der Waals surface area (Å²) in [6.45, 7) is 5.41. The number of sulfonamides is 1. The Morgan fingerprint density at radius 3 is 2.33 bits per heavy atom. The maximum atomic E-state index is 12.9. The van der Waals surface area contributed by atoms with Gasteiger partial charge in [0.2, 0.25) is 0 Å². The molecular weight excluding hydrogens is 386 g/mol. The normalized spacial score (nSPS) is 15.1. The van der Waals surface area contributed by atoms with Gasteiger partial charge in [-0.25, -0.2) is 8.42 Å². The lowest BCUT2D eigenvalue weighted by Gasteiger charge is -2.34. The molecule has 0 bridgehead atoms. The van der Waals surface area contributed by atoms with Gasteiger partial charge in [0.25, 0.3) is 10.0 Å². The first-order chi connectivity index (χ1) is 12.4. The Balaban J connectivity index is 0.00000261. The van der Waals surface area contributed by atoms with E-state index in [0.29, 0.717) is 11.4 Å². The third-order valence-corrected chi connectivity index (χ3v) is 6.06. The second-order valence-electron chi connectivity index (χ2n) is 6.54. The third kappa shape index (κ3) is 4.86. The van der Waals surface area contributed by atoms with Gasteiger partial charge in [-0.15, -0.1) is 12.4 Å². The molecule has 1 aliphatic rings. The maximum Gasteiger partial charge on any atom is 0.261 e. The lowest BCUT2D eigenvalue weighted by Crippen LogP contribution is -2.44. The van der Waals surface area contributed by atoms with E-state index in [1.165, 1.54) is 0 Å². The zero-order valence-electron chi connectivity index (χ0n) is 15.8. The molecule has 148 valence electrons. The molecule has 0 aliphatic carbocycles. The van der Waals surface area contributed by atoms with E-state index >= 15 is 0 Å². The first-order valence-electron chi connectivity index (χ1n) is 8.61. The van der Waals surface area contributed by atoms with E-state index in [9.17, 15) is 8.42 Å². The van der Waals surface area contributed by atoms with Gasteiger partial charge in [0.15, 0.2) is 0 Å². The number of halogens is 1. The van der Waals surface area contributed by atoms with Crippen molar-refractivity contribution in [3.8, 4) is 5.75 Å². The van der Waals surface area contributed by atoms with Crippen LogP contribution in [0.15, 0.2) is 47.4 Å². The Hall–Kier alpha value is -1.96. The highest BCUT2D eigenvalue weighted by atomic mass is 35.5.